The van der Waals surface area contributed by atoms with Gasteiger partial charge in [0.2, 0.25) is 0 Å². The Morgan fingerprint density at radius 3 is 2.47 bits per heavy atom. The van der Waals surface area contributed by atoms with E-state index >= 15 is 0 Å². The van der Waals surface area contributed by atoms with E-state index in [1.165, 1.54) is 16.4 Å². The molecule has 0 spiro atoms. The number of benzene rings is 2. The highest BCUT2D eigenvalue weighted by atomic mass is 16.5. The number of carbonyl (C=O) groups excluding carboxylic acids is 2. The molecule has 0 saturated heterocycles. The van der Waals surface area contributed by atoms with E-state index in [1.54, 1.807) is 25.2 Å². The molecule has 156 valence electrons. The Balaban J connectivity index is 1.67. The van der Waals surface area contributed by atoms with E-state index in [0.717, 1.165) is 11.3 Å². The molecule has 30 heavy (non-hydrogen) atoms. The van der Waals surface area contributed by atoms with Crippen molar-refractivity contribution in [2.75, 3.05) is 5.32 Å². The number of nitrogens with two attached hydrogens (primary N) is 1. The minimum atomic E-state index is -0.662. The molecule has 2 amide bonds. The first-order valence-corrected chi connectivity index (χ1v) is 9.60. The third-order valence-corrected chi connectivity index (χ3v) is 4.74. The summed E-state index contributed by atoms with van der Waals surface area (Å²) in [4.78, 5) is 24.2. The molecule has 0 bridgehead atoms. The van der Waals surface area contributed by atoms with Crippen molar-refractivity contribution in [1.29, 1.82) is 0 Å². The van der Waals surface area contributed by atoms with E-state index in [-0.39, 0.29) is 22.7 Å². The molecule has 0 aliphatic rings. The average Bonchev–Trinajstić information content (AvgIpc) is 3.06. The van der Waals surface area contributed by atoms with Gasteiger partial charge in [-0.05, 0) is 40.8 Å². The second-order valence-corrected chi connectivity index (χ2v) is 8.11. The Morgan fingerprint density at radius 1 is 1.13 bits per heavy atom. The minimum absolute atomic E-state index is 0.0862. The third kappa shape index (κ3) is 4.86. The molecule has 3 rings (SSSR count). The van der Waals surface area contributed by atoms with Crippen molar-refractivity contribution in [2.24, 2.45) is 12.8 Å². The molecule has 0 unspecified atom stereocenters. The fourth-order valence-electron chi connectivity index (χ4n) is 3.04. The van der Waals surface area contributed by atoms with Crippen LogP contribution in [-0.4, -0.2) is 21.6 Å². The van der Waals surface area contributed by atoms with Crippen molar-refractivity contribution in [1.82, 2.24) is 9.78 Å². The molecule has 3 N–H and O–H groups in total. The van der Waals surface area contributed by atoms with Crippen LogP contribution in [0.15, 0.2) is 54.7 Å². The summed E-state index contributed by atoms with van der Waals surface area (Å²) in [6.45, 7) is 6.82. The highest BCUT2D eigenvalue weighted by molar-refractivity contribution is 6.08. The predicted molar refractivity (Wildman–Crippen MR) is 116 cm³/mol. The maximum absolute atomic E-state index is 12.6. The van der Waals surface area contributed by atoms with Crippen molar-refractivity contribution < 1.29 is 14.3 Å². The molecule has 1 aromatic heterocycles. The first-order chi connectivity index (χ1) is 14.1. The second-order valence-electron chi connectivity index (χ2n) is 8.11. The summed E-state index contributed by atoms with van der Waals surface area (Å²) in [6.07, 6.45) is 1.40. The summed E-state index contributed by atoms with van der Waals surface area (Å²) < 4.78 is 7.19. The fourth-order valence-corrected chi connectivity index (χ4v) is 3.04. The van der Waals surface area contributed by atoms with Crippen molar-refractivity contribution in [3.05, 3.63) is 77.1 Å². The zero-order valence-corrected chi connectivity index (χ0v) is 17.6. The van der Waals surface area contributed by atoms with Gasteiger partial charge >= 0.3 is 0 Å². The van der Waals surface area contributed by atoms with Crippen LogP contribution in [0.4, 0.5) is 5.69 Å². The van der Waals surface area contributed by atoms with Gasteiger partial charge in [0, 0.05) is 12.6 Å². The topological polar surface area (TPSA) is 99.2 Å². The molecule has 0 aliphatic carbocycles. The van der Waals surface area contributed by atoms with Gasteiger partial charge in [0.05, 0.1) is 11.9 Å². The molecule has 7 heteroatoms. The molecule has 2 aromatic carbocycles. The Bertz CT molecular complexity index is 1060. The Labute approximate surface area is 175 Å². The Hall–Kier alpha value is -3.61. The van der Waals surface area contributed by atoms with Crippen molar-refractivity contribution in [2.45, 2.75) is 32.8 Å². The number of rotatable bonds is 6. The van der Waals surface area contributed by atoms with E-state index in [0.29, 0.717) is 12.2 Å². The van der Waals surface area contributed by atoms with Gasteiger partial charge in [-0.3, -0.25) is 14.3 Å². The number of aromatic nitrogens is 2. The van der Waals surface area contributed by atoms with E-state index in [1.807, 2.05) is 18.2 Å². The van der Waals surface area contributed by atoms with E-state index in [9.17, 15) is 9.59 Å². The van der Waals surface area contributed by atoms with Gasteiger partial charge in [-0.1, -0.05) is 45.0 Å². The second kappa shape index (κ2) is 8.41. The highest BCUT2D eigenvalue weighted by Gasteiger charge is 2.17. The number of nitrogens with one attached hydrogen (secondary N) is 1. The number of ether oxygens (including phenoxy) is 1. The maximum Gasteiger partial charge on any atom is 0.269 e. The van der Waals surface area contributed by atoms with Crippen LogP contribution in [0.3, 0.4) is 0 Å². The van der Waals surface area contributed by atoms with E-state index < -0.39 is 5.91 Å². The Kier molecular flexibility index (Phi) is 5.91. The van der Waals surface area contributed by atoms with Crippen LogP contribution >= 0.6 is 0 Å². The normalized spacial score (nSPS) is 11.2. The van der Waals surface area contributed by atoms with E-state index in [2.05, 4.69) is 43.3 Å². The highest BCUT2D eigenvalue weighted by Crippen LogP contribution is 2.24. The first kappa shape index (κ1) is 21.1. The summed E-state index contributed by atoms with van der Waals surface area (Å²) in [5.41, 5.74) is 8.39. The molecule has 0 atom stereocenters. The van der Waals surface area contributed by atoms with E-state index in [4.69, 9.17) is 10.5 Å². The van der Waals surface area contributed by atoms with Crippen molar-refractivity contribution in [3.63, 3.8) is 0 Å². The SMILES string of the molecule is Cn1ncc(NC(=O)c2cccc(COc3ccc(C(C)(C)C)cc3)c2)c1C(N)=O. The van der Waals surface area contributed by atoms with Crippen LogP contribution in [0.25, 0.3) is 0 Å². The number of nitrogens with zero attached hydrogens (tertiary/aromatic N) is 2. The lowest BCUT2D eigenvalue weighted by Gasteiger charge is -2.19. The molecule has 3 aromatic rings. The van der Waals surface area contributed by atoms with Crippen LogP contribution in [0.2, 0.25) is 0 Å². The lowest BCUT2D eigenvalue weighted by atomic mass is 9.87. The predicted octanol–water partition coefficient (Wildman–Crippen LogP) is 3.65. The number of hydrogen-bond donors (Lipinski definition) is 2. The molecule has 7 nitrogen and oxygen atoms in total. The molecule has 0 radical (unpaired) electrons. The molecule has 0 aliphatic heterocycles. The van der Waals surface area contributed by atoms with Crippen LogP contribution < -0.4 is 15.8 Å². The standard InChI is InChI=1S/C23H26N4O3/c1-23(2,3)17-8-10-18(11-9-17)30-14-15-6-5-7-16(12-15)22(29)26-19-13-25-27(4)20(19)21(24)28/h5-13H,14H2,1-4H3,(H2,24,28)(H,26,29). The third-order valence-electron chi connectivity index (χ3n) is 4.74. The van der Waals surface area contributed by atoms with Crippen molar-refractivity contribution in [3.8, 4) is 5.75 Å². The summed E-state index contributed by atoms with van der Waals surface area (Å²) in [6, 6.07) is 15.1. The number of hydrogen-bond acceptors (Lipinski definition) is 4. The summed E-state index contributed by atoms with van der Waals surface area (Å²) in [7, 11) is 1.59. The summed E-state index contributed by atoms with van der Waals surface area (Å²) in [5.74, 6) is -0.258. The smallest absolute Gasteiger partial charge is 0.269 e. The zero-order valence-electron chi connectivity index (χ0n) is 17.6. The number of aryl methyl sites for hydroxylation is 1. The number of carbonyl (C=O) groups is 2. The largest absolute Gasteiger partial charge is 0.489 e. The minimum Gasteiger partial charge on any atom is -0.489 e. The molecule has 0 fully saturated rings. The molecule has 1 heterocycles. The van der Waals surface area contributed by atoms with Gasteiger partial charge < -0.3 is 15.8 Å². The van der Waals surface area contributed by atoms with Crippen LogP contribution in [-0.2, 0) is 19.1 Å². The fraction of sp³-hybridized carbons (Fsp3) is 0.261. The van der Waals surface area contributed by atoms with Gasteiger partial charge in [0.25, 0.3) is 11.8 Å². The number of anilines is 1. The number of primary amides is 1. The molecular formula is C23H26N4O3. The summed E-state index contributed by atoms with van der Waals surface area (Å²) in [5, 5.41) is 6.65. The number of amides is 2. The van der Waals surface area contributed by atoms with Crippen LogP contribution in [0, 0.1) is 0 Å². The van der Waals surface area contributed by atoms with Gasteiger partial charge in [-0.25, -0.2) is 0 Å². The first-order valence-electron chi connectivity index (χ1n) is 9.60. The Morgan fingerprint density at radius 2 is 1.83 bits per heavy atom. The van der Waals surface area contributed by atoms with Crippen LogP contribution in [0.5, 0.6) is 5.75 Å². The van der Waals surface area contributed by atoms with Gasteiger partial charge in [-0.2, -0.15) is 5.10 Å². The van der Waals surface area contributed by atoms with Gasteiger partial charge in [0.15, 0.2) is 0 Å². The van der Waals surface area contributed by atoms with Gasteiger partial charge in [-0.15, -0.1) is 0 Å². The quantitative estimate of drug-likeness (QED) is 0.653. The molecular weight excluding hydrogens is 380 g/mol. The summed E-state index contributed by atoms with van der Waals surface area (Å²) >= 11 is 0. The van der Waals surface area contributed by atoms with Crippen molar-refractivity contribution >= 4 is 17.5 Å². The lowest BCUT2D eigenvalue weighted by molar-refractivity contribution is 0.0992. The van der Waals surface area contributed by atoms with Crippen LogP contribution in [0.1, 0.15) is 52.7 Å². The zero-order chi connectivity index (χ0) is 21.9. The lowest BCUT2D eigenvalue weighted by Crippen LogP contribution is -2.20. The average molecular weight is 406 g/mol. The van der Waals surface area contributed by atoms with Gasteiger partial charge in [0.1, 0.15) is 18.1 Å². The molecule has 0 saturated carbocycles. The monoisotopic (exact) mass is 406 g/mol. The maximum atomic E-state index is 12.6.